The van der Waals surface area contributed by atoms with E-state index in [1.165, 1.54) is 44.4 Å². The van der Waals surface area contributed by atoms with Crippen LogP contribution in [0, 0.1) is 11.7 Å². The fraction of sp³-hybridized carbons (Fsp3) is 0.455. The van der Waals surface area contributed by atoms with Gasteiger partial charge in [-0.2, -0.15) is 5.21 Å². The number of rotatable bonds is 6. The number of hydrogen-bond acceptors (Lipinski definition) is 5. The van der Waals surface area contributed by atoms with Gasteiger partial charge in [-0.1, -0.05) is 23.4 Å². The van der Waals surface area contributed by atoms with Crippen molar-refractivity contribution in [1.82, 2.24) is 30.5 Å². The molecule has 1 saturated carbocycles. The fourth-order valence-electron chi connectivity index (χ4n) is 5.23. The van der Waals surface area contributed by atoms with Crippen molar-refractivity contribution in [1.29, 1.82) is 0 Å². The lowest BCUT2D eigenvalue weighted by molar-refractivity contribution is 0.0450. The molecule has 0 radical (unpaired) electrons. The molecular weight excluding hydrogens is 367 g/mol. The molecule has 29 heavy (non-hydrogen) atoms. The number of hydrogen-bond donors (Lipinski definition) is 1. The van der Waals surface area contributed by atoms with Gasteiger partial charge in [-0.15, -0.1) is 10.2 Å². The highest BCUT2D eigenvalue weighted by molar-refractivity contribution is 5.43. The molecule has 0 amide bonds. The van der Waals surface area contributed by atoms with E-state index in [-0.39, 0.29) is 5.82 Å². The first-order valence-electron chi connectivity index (χ1n) is 10.4. The van der Waals surface area contributed by atoms with Gasteiger partial charge in [0.15, 0.2) is 5.82 Å². The summed E-state index contributed by atoms with van der Waals surface area (Å²) in [6.45, 7) is 2.09. The van der Waals surface area contributed by atoms with Crippen LogP contribution in [0.3, 0.4) is 0 Å². The molecule has 6 nitrogen and oxygen atoms in total. The second-order valence-corrected chi connectivity index (χ2v) is 8.28. The number of fused-ring (bicyclic) bond motifs is 3. The van der Waals surface area contributed by atoms with Crippen molar-refractivity contribution in [3.05, 3.63) is 71.6 Å². The summed E-state index contributed by atoms with van der Waals surface area (Å²) in [6.07, 6.45) is 7.85. The first-order chi connectivity index (χ1) is 14.3. The first-order valence-corrected chi connectivity index (χ1v) is 10.4. The van der Waals surface area contributed by atoms with E-state index in [0.29, 0.717) is 11.9 Å². The molecule has 1 aliphatic carbocycles. The average molecular weight is 392 g/mol. The summed E-state index contributed by atoms with van der Waals surface area (Å²) in [7, 11) is 0. The molecule has 1 aromatic carbocycles. The zero-order chi connectivity index (χ0) is 19.7. The van der Waals surface area contributed by atoms with Crippen molar-refractivity contribution in [2.24, 2.45) is 5.92 Å². The van der Waals surface area contributed by atoms with E-state index < -0.39 is 5.41 Å². The van der Waals surface area contributed by atoms with E-state index in [4.69, 9.17) is 0 Å². The first kappa shape index (κ1) is 18.4. The topological polar surface area (TPSA) is 70.6 Å². The molecule has 4 heterocycles. The van der Waals surface area contributed by atoms with Gasteiger partial charge >= 0.3 is 0 Å². The highest BCUT2D eigenvalue weighted by Crippen LogP contribution is 2.41. The summed E-state index contributed by atoms with van der Waals surface area (Å²) >= 11 is 0. The Kier molecular flexibility index (Phi) is 4.83. The Morgan fingerprint density at radius 3 is 2.52 bits per heavy atom. The van der Waals surface area contributed by atoms with Gasteiger partial charge in [0.2, 0.25) is 0 Å². The number of tetrazole rings is 1. The largest absolute Gasteiger partial charge is 0.300 e. The van der Waals surface area contributed by atoms with Crippen molar-refractivity contribution in [3.8, 4) is 0 Å². The fourth-order valence-corrected chi connectivity index (χ4v) is 5.23. The molecule has 150 valence electrons. The van der Waals surface area contributed by atoms with Crippen molar-refractivity contribution in [3.63, 3.8) is 0 Å². The molecule has 2 bridgehead atoms. The van der Waals surface area contributed by atoms with Gasteiger partial charge in [0, 0.05) is 25.3 Å². The molecule has 3 aliphatic rings. The third-order valence-corrected chi connectivity index (χ3v) is 6.77. The Labute approximate surface area is 169 Å². The van der Waals surface area contributed by atoms with Crippen LogP contribution in [0.4, 0.5) is 4.39 Å². The summed E-state index contributed by atoms with van der Waals surface area (Å²) in [5, 5.41) is 15.2. The molecule has 6 rings (SSSR count). The monoisotopic (exact) mass is 392 g/mol. The van der Waals surface area contributed by atoms with E-state index >= 15 is 0 Å². The zero-order valence-electron chi connectivity index (χ0n) is 16.3. The predicted octanol–water partition coefficient (Wildman–Crippen LogP) is 3.33. The van der Waals surface area contributed by atoms with Gasteiger partial charge < -0.3 is 4.90 Å². The van der Waals surface area contributed by atoms with Crippen LogP contribution in [0.25, 0.3) is 0 Å². The highest BCUT2D eigenvalue weighted by atomic mass is 19.1. The van der Waals surface area contributed by atoms with Gasteiger partial charge in [-0.3, -0.25) is 4.98 Å². The third kappa shape index (κ3) is 3.33. The number of aromatic amines is 1. The van der Waals surface area contributed by atoms with Crippen LogP contribution < -0.4 is 0 Å². The normalized spacial score (nSPS) is 23.8. The molecule has 0 spiro atoms. The van der Waals surface area contributed by atoms with Crippen LogP contribution in [-0.4, -0.2) is 49.6 Å². The van der Waals surface area contributed by atoms with Crippen LogP contribution in [-0.2, 0) is 5.41 Å². The zero-order valence-corrected chi connectivity index (χ0v) is 16.3. The summed E-state index contributed by atoms with van der Waals surface area (Å²) in [6, 6.07) is 13.2. The molecule has 2 aliphatic heterocycles. The van der Waals surface area contributed by atoms with Crippen LogP contribution in [0.15, 0.2) is 48.7 Å². The van der Waals surface area contributed by atoms with Crippen molar-refractivity contribution >= 4 is 0 Å². The lowest BCUT2D eigenvalue weighted by Crippen LogP contribution is -2.49. The number of aromatic nitrogens is 5. The minimum Gasteiger partial charge on any atom is -0.300 e. The number of halogens is 1. The van der Waals surface area contributed by atoms with Gasteiger partial charge in [-0.05, 0) is 67.9 Å². The number of piperidine rings is 2. The maximum absolute atomic E-state index is 13.7. The second-order valence-electron chi connectivity index (χ2n) is 8.28. The summed E-state index contributed by atoms with van der Waals surface area (Å²) in [5.74, 6) is 1.13. The van der Waals surface area contributed by atoms with Crippen LogP contribution in [0.5, 0.6) is 0 Å². The lowest BCUT2D eigenvalue weighted by Gasteiger charge is -2.46. The minimum absolute atomic E-state index is 0.259. The quantitative estimate of drug-likeness (QED) is 0.697. The number of nitrogens with zero attached hydrogens (tertiary/aromatic N) is 5. The molecular formula is C22H25FN6. The van der Waals surface area contributed by atoms with E-state index in [9.17, 15) is 4.39 Å². The van der Waals surface area contributed by atoms with Crippen LogP contribution in [0.2, 0.25) is 0 Å². The molecule has 3 aromatic rings. The highest BCUT2D eigenvalue weighted by Gasteiger charge is 2.43. The van der Waals surface area contributed by atoms with Crippen molar-refractivity contribution < 1.29 is 4.39 Å². The van der Waals surface area contributed by atoms with Crippen LogP contribution >= 0.6 is 0 Å². The average Bonchev–Trinajstić information content (AvgIpc) is 3.32. The molecule has 1 unspecified atom stereocenters. The molecule has 3 fully saturated rings. The van der Waals surface area contributed by atoms with Crippen LogP contribution in [0.1, 0.15) is 49.2 Å². The number of benzene rings is 1. The van der Waals surface area contributed by atoms with E-state index in [1.54, 1.807) is 6.20 Å². The number of pyridine rings is 1. The maximum Gasteiger partial charge on any atom is 0.191 e. The Hall–Kier alpha value is -2.67. The van der Waals surface area contributed by atoms with Gasteiger partial charge in [0.25, 0.3) is 0 Å². The molecule has 2 saturated heterocycles. The lowest BCUT2D eigenvalue weighted by atomic mass is 9.72. The number of nitrogens with one attached hydrogen (secondary N) is 1. The van der Waals surface area contributed by atoms with Gasteiger partial charge in [0.05, 0.1) is 5.69 Å². The van der Waals surface area contributed by atoms with Gasteiger partial charge in [0.1, 0.15) is 11.2 Å². The van der Waals surface area contributed by atoms with E-state index in [1.807, 2.05) is 30.3 Å². The molecule has 1 N–H and O–H groups in total. The summed E-state index contributed by atoms with van der Waals surface area (Å²) in [4.78, 5) is 7.31. The Balaban J connectivity index is 1.57. The summed E-state index contributed by atoms with van der Waals surface area (Å²) < 4.78 is 13.7. The minimum atomic E-state index is -0.682. The molecule has 2 aromatic heterocycles. The Morgan fingerprint density at radius 1 is 1.07 bits per heavy atom. The number of H-pyrrole nitrogens is 1. The standard InChI is InChI=1S/C22H25FN6/c23-18-8-6-17(7-9-18)22(21-25-27-28-26-21,20-3-1-2-13-24-20)12-14-29-15-16-4-10-19(29)11-5-16/h1-3,6-9,13,16,19H,4-5,10-12,14-15H2,(H,25,26,27,28). The van der Waals surface area contributed by atoms with Crippen molar-refractivity contribution in [2.45, 2.75) is 43.6 Å². The SMILES string of the molecule is Fc1ccc(C(CCN2CC3CCC2CC3)(c2ccccn2)c2nn[nH]n2)cc1. The third-order valence-electron chi connectivity index (χ3n) is 6.77. The molecule has 7 heteroatoms. The molecule has 1 atom stereocenters. The predicted molar refractivity (Wildman–Crippen MR) is 107 cm³/mol. The Morgan fingerprint density at radius 2 is 1.90 bits per heavy atom. The maximum atomic E-state index is 13.7. The summed E-state index contributed by atoms with van der Waals surface area (Å²) in [5.41, 5.74) is 1.11. The Bertz CT molecular complexity index is 922. The van der Waals surface area contributed by atoms with E-state index in [2.05, 4.69) is 30.5 Å². The van der Waals surface area contributed by atoms with E-state index in [0.717, 1.165) is 30.1 Å². The second kappa shape index (κ2) is 7.63. The van der Waals surface area contributed by atoms with Crippen molar-refractivity contribution in [2.75, 3.05) is 13.1 Å². The smallest absolute Gasteiger partial charge is 0.191 e. The van der Waals surface area contributed by atoms with Gasteiger partial charge in [-0.25, -0.2) is 4.39 Å².